The predicted molar refractivity (Wildman–Crippen MR) is 85.2 cm³/mol. The van der Waals surface area contributed by atoms with Crippen molar-refractivity contribution in [2.45, 2.75) is 25.8 Å². The molecule has 0 aliphatic heterocycles. The first-order valence-electron chi connectivity index (χ1n) is 7.03. The van der Waals surface area contributed by atoms with Crippen LogP contribution in [-0.4, -0.2) is 6.54 Å². The van der Waals surface area contributed by atoms with Crippen LogP contribution in [0.5, 0.6) is 0 Å². The normalized spacial score (nSPS) is 12.4. The molecule has 2 aromatic carbocycles. The second kappa shape index (κ2) is 7.66. The minimum Gasteiger partial charge on any atom is -0.310 e. The van der Waals surface area contributed by atoms with Crippen molar-refractivity contribution in [3.8, 4) is 0 Å². The lowest BCUT2D eigenvalue weighted by molar-refractivity contribution is 0.490. The van der Waals surface area contributed by atoms with Gasteiger partial charge in [-0.2, -0.15) is 0 Å². The molecule has 0 spiro atoms. The third kappa shape index (κ3) is 4.35. The van der Waals surface area contributed by atoms with Gasteiger partial charge < -0.3 is 5.32 Å². The first-order chi connectivity index (χ1) is 10.1. The van der Waals surface area contributed by atoms with Gasteiger partial charge in [0.1, 0.15) is 11.6 Å². The molecule has 0 saturated carbocycles. The maximum absolute atomic E-state index is 14.0. The maximum Gasteiger partial charge on any atom is 0.128 e. The molecule has 0 heterocycles. The number of hydrogen-bond acceptors (Lipinski definition) is 1. The molecule has 0 fully saturated rings. The van der Waals surface area contributed by atoms with Crippen LogP contribution in [0.15, 0.2) is 46.9 Å². The molecule has 4 heteroatoms. The molecule has 0 bridgehead atoms. The number of halogens is 3. The fourth-order valence-corrected chi connectivity index (χ4v) is 2.72. The Morgan fingerprint density at radius 3 is 2.62 bits per heavy atom. The van der Waals surface area contributed by atoms with Crippen LogP contribution in [0.1, 0.15) is 30.5 Å². The highest BCUT2D eigenvalue weighted by atomic mass is 79.9. The molecule has 1 atom stereocenters. The van der Waals surface area contributed by atoms with Crippen LogP contribution in [0.25, 0.3) is 0 Å². The van der Waals surface area contributed by atoms with Crippen molar-refractivity contribution in [3.05, 3.63) is 69.7 Å². The van der Waals surface area contributed by atoms with Gasteiger partial charge in [-0.15, -0.1) is 0 Å². The van der Waals surface area contributed by atoms with Gasteiger partial charge in [-0.3, -0.25) is 0 Å². The van der Waals surface area contributed by atoms with Gasteiger partial charge in [0, 0.05) is 16.1 Å². The van der Waals surface area contributed by atoms with E-state index < -0.39 is 5.82 Å². The number of benzene rings is 2. The Bertz CT molecular complexity index is 601. The van der Waals surface area contributed by atoms with E-state index in [2.05, 4.69) is 21.2 Å². The Morgan fingerprint density at radius 2 is 1.90 bits per heavy atom. The summed E-state index contributed by atoms with van der Waals surface area (Å²) in [6.45, 7) is 2.80. The molecule has 2 rings (SSSR count). The van der Waals surface area contributed by atoms with Crippen LogP contribution in [-0.2, 0) is 6.42 Å². The van der Waals surface area contributed by atoms with Crippen LogP contribution in [0.4, 0.5) is 8.78 Å². The average Bonchev–Trinajstić information content (AvgIpc) is 2.48. The molecule has 0 aliphatic rings. The molecule has 21 heavy (non-hydrogen) atoms. The van der Waals surface area contributed by atoms with E-state index in [1.165, 1.54) is 12.1 Å². The summed E-state index contributed by atoms with van der Waals surface area (Å²) in [6.07, 6.45) is 1.53. The Morgan fingerprint density at radius 1 is 1.14 bits per heavy atom. The molecule has 0 radical (unpaired) electrons. The van der Waals surface area contributed by atoms with Gasteiger partial charge in [0.05, 0.1) is 0 Å². The van der Waals surface area contributed by atoms with Crippen molar-refractivity contribution in [2.24, 2.45) is 0 Å². The summed E-state index contributed by atoms with van der Waals surface area (Å²) in [7, 11) is 0. The minimum absolute atomic E-state index is 0.251. The number of rotatable bonds is 6. The summed E-state index contributed by atoms with van der Waals surface area (Å²) in [5, 5.41) is 3.30. The standard InChI is InChI=1S/C17H18BrF2N/c1-2-9-21-17(10-12-5-3-4-6-15(12)18)14-11-13(19)7-8-16(14)20/h3-8,11,17,21H,2,9-10H2,1H3. The minimum atomic E-state index is -0.415. The summed E-state index contributed by atoms with van der Waals surface area (Å²) in [6, 6.07) is 11.2. The van der Waals surface area contributed by atoms with E-state index in [0.717, 1.165) is 29.1 Å². The van der Waals surface area contributed by atoms with Crippen LogP contribution < -0.4 is 5.32 Å². The zero-order chi connectivity index (χ0) is 15.2. The Kier molecular flexibility index (Phi) is 5.88. The van der Waals surface area contributed by atoms with Crippen molar-refractivity contribution < 1.29 is 8.78 Å². The lowest BCUT2D eigenvalue weighted by atomic mass is 9.98. The highest BCUT2D eigenvalue weighted by Gasteiger charge is 2.17. The number of hydrogen-bond donors (Lipinski definition) is 1. The van der Waals surface area contributed by atoms with Crippen LogP contribution >= 0.6 is 15.9 Å². The Hall–Kier alpha value is -1.26. The molecular formula is C17H18BrF2N. The second-order valence-corrected chi connectivity index (χ2v) is 5.82. The monoisotopic (exact) mass is 353 g/mol. The van der Waals surface area contributed by atoms with Crippen molar-refractivity contribution in [1.82, 2.24) is 5.32 Å². The molecular weight excluding hydrogens is 336 g/mol. The molecule has 1 unspecified atom stereocenters. The first-order valence-corrected chi connectivity index (χ1v) is 7.83. The zero-order valence-corrected chi connectivity index (χ0v) is 13.5. The summed E-state index contributed by atoms with van der Waals surface area (Å²) in [5.74, 6) is -0.793. The van der Waals surface area contributed by atoms with Gasteiger partial charge in [0.2, 0.25) is 0 Å². The molecule has 112 valence electrons. The van der Waals surface area contributed by atoms with E-state index in [0.29, 0.717) is 12.0 Å². The van der Waals surface area contributed by atoms with Gasteiger partial charge in [-0.05, 0) is 49.2 Å². The molecule has 1 nitrogen and oxygen atoms in total. The highest BCUT2D eigenvalue weighted by molar-refractivity contribution is 9.10. The van der Waals surface area contributed by atoms with E-state index in [-0.39, 0.29) is 11.9 Å². The lowest BCUT2D eigenvalue weighted by Gasteiger charge is -2.20. The summed E-state index contributed by atoms with van der Waals surface area (Å²) in [4.78, 5) is 0. The molecule has 0 aliphatic carbocycles. The summed E-state index contributed by atoms with van der Waals surface area (Å²) >= 11 is 3.50. The van der Waals surface area contributed by atoms with Crippen molar-refractivity contribution in [1.29, 1.82) is 0 Å². The van der Waals surface area contributed by atoms with Crippen molar-refractivity contribution in [2.75, 3.05) is 6.54 Å². The van der Waals surface area contributed by atoms with Gasteiger partial charge in [-0.1, -0.05) is 41.1 Å². The molecule has 2 aromatic rings. The Labute approximate surface area is 132 Å². The fraction of sp³-hybridized carbons (Fsp3) is 0.294. The Balaban J connectivity index is 2.30. The van der Waals surface area contributed by atoms with Gasteiger partial charge >= 0.3 is 0 Å². The average molecular weight is 354 g/mol. The quantitative estimate of drug-likeness (QED) is 0.769. The topological polar surface area (TPSA) is 12.0 Å². The summed E-state index contributed by atoms with van der Waals surface area (Å²) in [5.41, 5.74) is 1.44. The van der Waals surface area contributed by atoms with Crippen LogP contribution in [0, 0.1) is 11.6 Å². The maximum atomic E-state index is 14.0. The molecule has 1 N–H and O–H groups in total. The van der Waals surface area contributed by atoms with Gasteiger partial charge in [0.25, 0.3) is 0 Å². The van der Waals surface area contributed by atoms with Gasteiger partial charge in [-0.25, -0.2) is 8.78 Å². The van der Waals surface area contributed by atoms with E-state index in [9.17, 15) is 8.78 Å². The third-order valence-electron chi connectivity index (χ3n) is 3.36. The van der Waals surface area contributed by atoms with E-state index in [1.54, 1.807) is 0 Å². The largest absolute Gasteiger partial charge is 0.310 e. The second-order valence-electron chi connectivity index (χ2n) is 4.97. The van der Waals surface area contributed by atoms with E-state index >= 15 is 0 Å². The van der Waals surface area contributed by atoms with Crippen molar-refractivity contribution in [3.63, 3.8) is 0 Å². The smallest absolute Gasteiger partial charge is 0.128 e. The molecule has 0 amide bonds. The van der Waals surface area contributed by atoms with Crippen LogP contribution in [0.2, 0.25) is 0 Å². The van der Waals surface area contributed by atoms with Crippen molar-refractivity contribution >= 4 is 15.9 Å². The highest BCUT2D eigenvalue weighted by Crippen LogP contribution is 2.26. The first kappa shape index (κ1) is 16.1. The third-order valence-corrected chi connectivity index (χ3v) is 4.13. The lowest BCUT2D eigenvalue weighted by Crippen LogP contribution is -2.25. The number of nitrogens with one attached hydrogen (secondary N) is 1. The zero-order valence-electron chi connectivity index (χ0n) is 11.9. The van der Waals surface area contributed by atoms with Gasteiger partial charge in [0.15, 0.2) is 0 Å². The van der Waals surface area contributed by atoms with E-state index in [4.69, 9.17) is 0 Å². The van der Waals surface area contributed by atoms with E-state index in [1.807, 2.05) is 31.2 Å². The summed E-state index contributed by atoms with van der Waals surface area (Å²) < 4.78 is 28.5. The SMILES string of the molecule is CCCNC(Cc1ccccc1Br)c1cc(F)ccc1F. The van der Waals surface area contributed by atoms with Crippen LogP contribution in [0.3, 0.4) is 0 Å². The fourth-order valence-electron chi connectivity index (χ4n) is 2.28. The predicted octanol–water partition coefficient (Wildman–Crippen LogP) is 5.01. The molecule has 0 saturated heterocycles. The molecule has 0 aromatic heterocycles.